The first kappa shape index (κ1) is 34.7. The molecule has 0 aromatic heterocycles. The van der Waals surface area contributed by atoms with E-state index in [1.807, 2.05) is 0 Å². The fourth-order valence-electron chi connectivity index (χ4n) is 2.06. The van der Waals surface area contributed by atoms with Crippen molar-refractivity contribution in [1.82, 2.24) is 0 Å². The summed E-state index contributed by atoms with van der Waals surface area (Å²) in [5, 5.41) is 0. The zero-order chi connectivity index (χ0) is 30.1. The lowest BCUT2D eigenvalue weighted by molar-refractivity contribution is -0.461. The Hall–Kier alpha value is -2.29. The number of halogens is 17. The van der Waals surface area contributed by atoms with Crippen LogP contribution in [0.2, 0.25) is 0 Å². The number of hydrogen-bond acceptors (Lipinski definition) is 5. The maximum Gasteiger partial charge on any atom is 0.460 e. The fourth-order valence-corrected chi connectivity index (χ4v) is 2.06. The quantitative estimate of drug-likeness (QED) is 0.117. The average molecular weight is 594 g/mol. The van der Waals surface area contributed by atoms with Gasteiger partial charge in [-0.1, -0.05) is 0 Å². The van der Waals surface area contributed by atoms with Crippen LogP contribution in [0.1, 0.15) is 19.3 Å². The Morgan fingerprint density at radius 2 is 0.892 bits per heavy atom. The Bertz CT molecular complexity index is 820. The SMILES string of the molecule is COOC(=O)CCC(=O)OCCC(F)(F)C(F)(F)C(F)(F)C(F)(F)C(F)(F)C(F)(F)C(F)(F)C(F)(F)F. The molecule has 0 saturated heterocycles. The largest absolute Gasteiger partial charge is 0.465 e. The van der Waals surface area contributed by atoms with Crippen molar-refractivity contribution in [3.63, 3.8) is 0 Å². The normalized spacial score (nSPS) is 15.0. The standard InChI is InChI=1S/C15H11F17O5/c1-35-37-7(34)3-2-6(33)36-5-4-8(16,17)9(18,19)10(20,21)11(22,23)12(24,25)13(26,27)14(28,29)15(30,31)32/h2-5H2,1H3. The molecule has 37 heavy (non-hydrogen) atoms. The monoisotopic (exact) mass is 594 g/mol. The first-order chi connectivity index (χ1) is 16.1. The second kappa shape index (κ2) is 10.5. The number of esters is 1. The summed E-state index contributed by atoms with van der Waals surface area (Å²) in [6.45, 7) is -2.10. The molecule has 0 atom stereocenters. The third kappa shape index (κ3) is 5.91. The van der Waals surface area contributed by atoms with Gasteiger partial charge in [0.05, 0.1) is 33.0 Å². The van der Waals surface area contributed by atoms with Gasteiger partial charge in [-0.3, -0.25) is 9.68 Å². The predicted octanol–water partition coefficient (Wildman–Crippen LogP) is 5.81. The molecule has 0 aliphatic rings. The molecule has 0 aromatic rings. The van der Waals surface area contributed by atoms with Crippen molar-refractivity contribution in [2.45, 2.75) is 66.9 Å². The van der Waals surface area contributed by atoms with Gasteiger partial charge in [-0.2, -0.15) is 79.5 Å². The fraction of sp³-hybridized carbons (Fsp3) is 0.867. The number of carbonyl (C=O) groups is 2. The van der Waals surface area contributed by atoms with Gasteiger partial charge in [0.25, 0.3) is 0 Å². The van der Waals surface area contributed by atoms with Gasteiger partial charge in [0.1, 0.15) is 0 Å². The first-order valence-electron chi connectivity index (χ1n) is 8.70. The topological polar surface area (TPSA) is 61.8 Å². The maximum absolute atomic E-state index is 13.6. The summed E-state index contributed by atoms with van der Waals surface area (Å²) in [5.41, 5.74) is 0. The molecule has 0 fully saturated rings. The summed E-state index contributed by atoms with van der Waals surface area (Å²) in [4.78, 5) is 29.6. The molecule has 0 saturated carbocycles. The van der Waals surface area contributed by atoms with Crippen molar-refractivity contribution >= 4 is 11.9 Å². The maximum atomic E-state index is 13.6. The van der Waals surface area contributed by atoms with E-state index in [1.165, 1.54) is 0 Å². The van der Waals surface area contributed by atoms with Gasteiger partial charge in [0, 0.05) is 0 Å². The van der Waals surface area contributed by atoms with Gasteiger partial charge in [0.15, 0.2) is 0 Å². The van der Waals surface area contributed by atoms with Crippen LogP contribution in [0.15, 0.2) is 0 Å². The van der Waals surface area contributed by atoms with Crippen molar-refractivity contribution in [3.8, 4) is 0 Å². The van der Waals surface area contributed by atoms with Gasteiger partial charge in [-0.15, -0.1) is 0 Å². The van der Waals surface area contributed by atoms with Crippen LogP contribution in [0.4, 0.5) is 74.6 Å². The molecule has 0 aromatic carbocycles. The molecule has 0 rings (SSSR count). The number of rotatable bonds is 13. The Kier molecular flexibility index (Phi) is 9.82. The summed E-state index contributed by atoms with van der Waals surface area (Å²) in [7, 11) is 0.816. The lowest BCUT2D eigenvalue weighted by atomic mass is 9.88. The molecule has 5 nitrogen and oxygen atoms in total. The molecule has 0 radical (unpaired) electrons. The molecule has 22 heteroatoms. The van der Waals surface area contributed by atoms with Crippen molar-refractivity contribution < 1.29 is 98.7 Å². The molecule has 0 bridgehead atoms. The van der Waals surface area contributed by atoms with E-state index in [0.29, 0.717) is 0 Å². The molecule has 0 spiro atoms. The van der Waals surface area contributed by atoms with Crippen LogP contribution < -0.4 is 0 Å². The number of alkyl halides is 17. The van der Waals surface area contributed by atoms with Crippen molar-refractivity contribution in [2.75, 3.05) is 13.7 Å². The summed E-state index contributed by atoms with van der Waals surface area (Å²) in [5.74, 6) is -60.2. The highest BCUT2D eigenvalue weighted by atomic mass is 19.4. The van der Waals surface area contributed by atoms with E-state index in [4.69, 9.17) is 0 Å². The third-order valence-corrected chi connectivity index (χ3v) is 4.18. The molecular weight excluding hydrogens is 583 g/mol. The Morgan fingerprint density at radius 1 is 0.541 bits per heavy atom. The Morgan fingerprint density at radius 3 is 1.27 bits per heavy atom. The summed E-state index contributed by atoms with van der Waals surface area (Å²) < 4.78 is 226. The average Bonchev–Trinajstić information content (AvgIpc) is 2.70. The Balaban J connectivity index is 5.95. The number of ether oxygens (including phenoxy) is 1. The number of hydrogen-bond donors (Lipinski definition) is 0. The highest BCUT2D eigenvalue weighted by molar-refractivity contribution is 5.77. The molecule has 220 valence electrons. The summed E-state index contributed by atoms with van der Waals surface area (Å²) >= 11 is 0. The molecule has 0 amide bonds. The lowest BCUT2D eigenvalue weighted by Crippen LogP contribution is -2.74. The molecule has 0 unspecified atom stereocenters. The van der Waals surface area contributed by atoms with Crippen molar-refractivity contribution in [3.05, 3.63) is 0 Å². The van der Waals surface area contributed by atoms with Gasteiger partial charge in [-0.25, -0.2) is 4.79 Å². The lowest BCUT2D eigenvalue weighted by Gasteiger charge is -2.42. The predicted molar refractivity (Wildman–Crippen MR) is 78.6 cm³/mol. The van der Waals surface area contributed by atoms with E-state index in [-0.39, 0.29) is 0 Å². The van der Waals surface area contributed by atoms with Crippen LogP contribution in [-0.4, -0.2) is 73.3 Å². The minimum atomic E-state index is -8.72. The van der Waals surface area contributed by atoms with Gasteiger partial charge < -0.3 is 4.74 Å². The molecular formula is C15H11F17O5. The van der Waals surface area contributed by atoms with Crippen LogP contribution in [0.3, 0.4) is 0 Å². The van der Waals surface area contributed by atoms with Crippen LogP contribution >= 0.6 is 0 Å². The van der Waals surface area contributed by atoms with E-state index >= 15 is 0 Å². The summed E-state index contributed by atoms with van der Waals surface area (Å²) in [6.07, 6.45) is -12.7. The zero-order valence-corrected chi connectivity index (χ0v) is 17.3. The molecule has 0 aliphatic carbocycles. The van der Waals surface area contributed by atoms with Gasteiger partial charge in [0.2, 0.25) is 0 Å². The first-order valence-corrected chi connectivity index (χ1v) is 8.70. The van der Waals surface area contributed by atoms with E-state index in [0.717, 1.165) is 7.11 Å². The van der Waals surface area contributed by atoms with Gasteiger partial charge in [-0.05, 0) is 0 Å². The van der Waals surface area contributed by atoms with Gasteiger partial charge >= 0.3 is 59.6 Å². The molecule has 0 N–H and O–H groups in total. The molecule has 0 aliphatic heterocycles. The van der Waals surface area contributed by atoms with Crippen LogP contribution in [0, 0.1) is 0 Å². The minimum absolute atomic E-state index is 0.816. The van der Waals surface area contributed by atoms with E-state index in [2.05, 4.69) is 14.5 Å². The highest BCUT2D eigenvalue weighted by Crippen LogP contribution is 2.64. The highest BCUT2D eigenvalue weighted by Gasteiger charge is 2.95. The van der Waals surface area contributed by atoms with Crippen LogP contribution in [-0.2, 0) is 24.1 Å². The minimum Gasteiger partial charge on any atom is -0.465 e. The number of carbonyl (C=O) groups excluding carboxylic acids is 2. The van der Waals surface area contributed by atoms with Crippen molar-refractivity contribution in [2.24, 2.45) is 0 Å². The summed E-state index contributed by atoms with van der Waals surface area (Å²) in [6, 6.07) is 0. The van der Waals surface area contributed by atoms with E-state index in [1.54, 1.807) is 0 Å². The van der Waals surface area contributed by atoms with Crippen molar-refractivity contribution in [1.29, 1.82) is 0 Å². The van der Waals surface area contributed by atoms with Crippen LogP contribution in [0.5, 0.6) is 0 Å². The zero-order valence-electron chi connectivity index (χ0n) is 17.3. The smallest absolute Gasteiger partial charge is 0.460 e. The third-order valence-electron chi connectivity index (χ3n) is 4.18. The second-order valence-electron chi connectivity index (χ2n) is 6.74. The van der Waals surface area contributed by atoms with E-state index in [9.17, 15) is 84.2 Å². The second-order valence-corrected chi connectivity index (χ2v) is 6.74. The Labute approximate surface area is 192 Å². The van der Waals surface area contributed by atoms with Crippen LogP contribution in [0.25, 0.3) is 0 Å². The van der Waals surface area contributed by atoms with E-state index < -0.39 is 85.4 Å². The molecule has 0 heterocycles.